The molecule has 8 nitrogen and oxygen atoms in total. The highest BCUT2D eigenvalue weighted by atomic mass is 32.2. The summed E-state index contributed by atoms with van der Waals surface area (Å²) in [5, 5.41) is 17.1. The molecule has 0 aliphatic carbocycles. The number of hydrogen-bond acceptors (Lipinski definition) is 8. The zero-order valence-electron chi connectivity index (χ0n) is 14.6. The number of carbonyl (C=O) groups excluding carboxylic acids is 1. The summed E-state index contributed by atoms with van der Waals surface area (Å²) in [6, 6.07) is 0. The minimum atomic E-state index is 0.155. The molecule has 2 aromatic rings. The number of thioether (sulfide) groups is 1. The molecule has 2 aliphatic heterocycles. The molecule has 140 valence electrons. The summed E-state index contributed by atoms with van der Waals surface area (Å²) < 4.78 is 3.09. The highest BCUT2D eigenvalue weighted by Crippen LogP contribution is 2.30. The SMILES string of the molecule is Nc1nnc(SCC(=O)N2CCC(c3nnc4n3CCCCC4)CC2)s1. The Morgan fingerprint density at radius 1 is 1.12 bits per heavy atom. The monoisotopic (exact) mass is 393 g/mol. The Morgan fingerprint density at radius 3 is 2.73 bits per heavy atom. The maximum Gasteiger partial charge on any atom is 0.233 e. The second-order valence-corrected chi connectivity index (χ2v) is 9.02. The van der Waals surface area contributed by atoms with E-state index >= 15 is 0 Å². The van der Waals surface area contributed by atoms with Gasteiger partial charge >= 0.3 is 0 Å². The molecule has 10 heteroatoms. The number of hydrogen-bond donors (Lipinski definition) is 1. The van der Waals surface area contributed by atoms with Gasteiger partial charge in [-0.3, -0.25) is 4.79 Å². The van der Waals surface area contributed by atoms with Crippen LogP contribution in [-0.2, 0) is 17.8 Å². The summed E-state index contributed by atoms with van der Waals surface area (Å²) in [6.07, 6.45) is 6.65. The van der Waals surface area contributed by atoms with Crippen LogP contribution < -0.4 is 5.73 Å². The lowest BCUT2D eigenvalue weighted by atomic mass is 9.96. The van der Waals surface area contributed by atoms with Crippen LogP contribution >= 0.6 is 23.1 Å². The quantitative estimate of drug-likeness (QED) is 0.792. The lowest BCUT2D eigenvalue weighted by molar-refractivity contribution is -0.129. The number of aromatic nitrogens is 5. The van der Waals surface area contributed by atoms with Crippen molar-refractivity contribution in [2.24, 2.45) is 0 Å². The van der Waals surface area contributed by atoms with Crippen LogP contribution in [0.15, 0.2) is 4.34 Å². The Kier molecular flexibility index (Phi) is 5.39. The van der Waals surface area contributed by atoms with Crippen LogP contribution in [0.2, 0.25) is 0 Å². The average Bonchev–Trinajstić information content (AvgIpc) is 3.19. The van der Waals surface area contributed by atoms with Crippen molar-refractivity contribution in [2.45, 2.75) is 55.3 Å². The molecule has 1 saturated heterocycles. The van der Waals surface area contributed by atoms with E-state index in [0.29, 0.717) is 16.8 Å². The first-order valence-corrected chi connectivity index (χ1v) is 10.9. The van der Waals surface area contributed by atoms with Gasteiger partial charge in [0.2, 0.25) is 11.0 Å². The lowest BCUT2D eigenvalue weighted by Gasteiger charge is -2.31. The van der Waals surface area contributed by atoms with E-state index in [4.69, 9.17) is 5.73 Å². The minimum absolute atomic E-state index is 0.155. The zero-order valence-corrected chi connectivity index (χ0v) is 16.3. The van der Waals surface area contributed by atoms with Gasteiger partial charge in [-0.2, -0.15) is 0 Å². The van der Waals surface area contributed by atoms with E-state index < -0.39 is 0 Å². The number of piperidine rings is 1. The number of likely N-dealkylation sites (tertiary alicyclic amines) is 1. The standard InChI is InChI=1S/C16H23N7OS2/c17-15-20-21-16(26-15)25-10-13(24)22-8-5-11(6-9-22)14-19-18-12-4-2-1-3-7-23(12)14/h11H,1-10H2,(H2,17,20). The smallest absolute Gasteiger partial charge is 0.233 e. The third-order valence-corrected chi connectivity index (χ3v) is 6.96. The number of anilines is 1. The van der Waals surface area contributed by atoms with Crippen molar-refractivity contribution in [1.29, 1.82) is 0 Å². The molecule has 26 heavy (non-hydrogen) atoms. The van der Waals surface area contributed by atoms with Crippen LogP contribution in [0.1, 0.15) is 49.7 Å². The Hall–Kier alpha value is -1.68. The van der Waals surface area contributed by atoms with Gasteiger partial charge in [-0.15, -0.1) is 20.4 Å². The fraction of sp³-hybridized carbons (Fsp3) is 0.688. The second-order valence-electron chi connectivity index (χ2n) is 6.79. The number of carbonyl (C=O) groups is 1. The summed E-state index contributed by atoms with van der Waals surface area (Å²) in [7, 11) is 0. The van der Waals surface area contributed by atoms with Gasteiger partial charge in [0.05, 0.1) is 5.75 Å². The predicted molar refractivity (Wildman–Crippen MR) is 101 cm³/mol. The van der Waals surface area contributed by atoms with E-state index in [-0.39, 0.29) is 5.91 Å². The van der Waals surface area contributed by atoms with Crippen molar-refractivity contribution in [1.82, 2.24) is 29.9 Å². The number of nitrogens with two attached hydrogens (primary N) is 1. The highest BCUT2D eigenvalue weighted by molar-refractivity contribution is 8.01. The van der Waals surface area contributed by atoms with E-state index in [2.05, 4.69) is 25.0 Å². The molecule has 2 aromatic heterocycles. The number of fused-ring (bicyclic) bond motifs is 1. The molecule has 1 fully saturated rings. The van der Waals surface area contributed by atoms with Crippen LogP contribution in [-0.4, -0.2) is 54.6 Å². The molecular weight excluding hydrogens is 370 g/mol. The second kappa shape index (κ2) is 7.91. The van der Waals surface area contributed by atoms with Gasteiger partial charge in [0.1, 0.15) is 11.6 Å². The van der Waals surface area contributed by atoms with Gasteiger partial charge in [0.25, 0.3) is 0 Å². The van der Waals surface area contributed by atoms with E-state index in [1.807, 2.05) is 4.90 Å². The molecule has 4 heterocycles. The highest BCUT2D eigenvalue weighted by Gasteiger charge is 2.28. The molecule has 2 N–H and O–H groups in total. The number of nitrogens with zero attached hydrogens (tertiary/aromatic N) is 6. The van der Waals surface area contributed by atoms with E-state index in [1.165, 1.54) is 42.4 Å². The Morgan fingerprint density at radius 2 is 1.96 bits per heavy atom. The Bertz CT molecular complexity index is 766. The summed E-state index contributed by atoms with van der Waals surface area (Å²) in [4.78, 5) is 14.4. The molecule has 0 saturated carbocycles. The normalized spacial score (nSPS) is 18.5. The van der Waals surface area contributed by atoms with Crippen molar-refractivity contribution >= 4 is 34.1 Å². The van der Waals surface area contributed by atoms with Crippen LogP contribution in [0.25, 0.3) is 0 Å². The van der Waals surface area contributed by atoms with Gasteiger partial charge in [0, 0.05) is 32.0 Å². The number of amides is 1. The van der Waals surface area contributed by atoms with E-state index in [0.717, 1.165) is 54.9 Å². The van der Waals surface area contributed by atoms with E-state index in [1.54, 1.807) is 0 Å². The first kappa shape index (κ1) is 17.7. The van der Waals surface area contributed by atoms with Crippen LogP contribution in [0.5, 0.6) is 0 Å². The third-order valence-electron chi connectivity index (χ3n) is 5.09. The molecule has 0 radical (unpaired) electrons. The summed E-state index contributed by atoms with van der Waals surface area (Å²) >= 11 is 2.73. The molecule has 0 unspecified atom stereocenters. The summed E-state index contributed by atoms with van der Waals surface area (Å²) in [6.45, 7) is 2.60. The first-order chi connectivity index (χ1) is 12.7. The average molecular weight is 394 g/mol. The molecule has 4 rings (SSSR count). The topological polar surface area (TPSA) is 103 Å². The van der Waals surface area contributed by atoms with Gasteiger partial charge < -0.3 is 15.2 Å². The van der Waals surface area contributed by atoms with Gasteiger partial charge in [0.15, 0.2) is 4.34 Å². The van der Waals surface area contributed by atoms with Crippen molar-refractivity contribution < 1.29 is 4.79 Å². The fourth-order valence-corrected chi connectivity index (χ4v) is 5.23. The van der Waals surface area contributed by atoms with Crippen molar-refractivity contribution in [2.75, 3.05) is 24.6 Å². The number of nitrogen functional groups attached to an aromatic ring is 1. The molecule has 1 amide bonds. The lowest BCUT2D eigenvalue weighted by Crippen LogP contribution is -2.39. The maximum absolute atomic E-state index is 12.4. The molecule has 0 atom stereocenters. The molecule has 0 bridgehead atoms. The fourth-order valence-electron chi connectivity index (χ4n) is 3.69. The predicted octanol–water partition coefficient (Wildman–Crippen LogP) is 1.94. The molecule has 2 aliphatic rings. The summed E-state index contributed by atoms with van der Waals surface area (Å²) in [5.41, 5.74) is 5.57. The van der Waals surface area contributed by atoms with Crippen molar-refractivity contribution in [3.8, 4) is 0 Å². The summed E-state index contributed by atoms with van der Waals surface area (Å²) in [5.74, 6) is 3.23. The molecular formula is C16H23N7OS2. The largest absolute Gasteiger partial charge is 0.374 e. The maximum atomic E-state index is 12.4. The van der Waals surface area contributed by atoms with Crippen LogP contribution in [0.4, 0.5) is 5.13 Å². The van der Waals surface area contributed by atoms with Crippen LogP contribution in [0.3, 0.4) is 0 Å². The Labute approximate surface area is 160 Å². The third kappa shape index (κ3) is 3.85. The van der Waals surface area contributed by atoms with Crippen molar-refractivity contribution in [3.63, 3.8) is 0 Å². The molecule has 0 spiro atoms. The van der Waals surface area contributed by atoms with Gasteiger partial charge in [-0.25, -0.2) is 0 Å². The Balaban J connectivity index is 1.31. The minimum Gasteiger partial charge on any atom is -0.374 e. The van der Waals surface area contributed by atoms with Gasteiger partial charge in [-0.1, -0.05) is 29.5 Å². The van der Waals surface area contributed by atoms with Gasteiger partial charge in [-0.05, 0) is 25.7 Å². The van der Waals surface area contributed by atoms with Crippen molar-refractivity contribution in [3.05, 3.63) is 11.6 Å². The molecule has 0 aromatic carbocycles. The first-order valence-electron chi connectivity index (χ1n) is 9.12. The number of rotatable bonds is 4. The number of aryl methyl sites for hydroxylation is 1. The van der Waals surface area contributed by atoms with Crippen LogP contribution in [0, 0.1) is 0 Å². The zero-order chi connectivity index (χ0) is 17.9. The van der Waals surface area contributed by atoms with E-state index in [9.17, 15) is 4.79 Å².